The predicted molar refractivity (Wildman–Crippen MR) is 81.4 cm³/mol. The Morgan fingerprint density at radius 3 is 2.78 bits per heavy atom. The zero-order valence-electron chi connectivity index (χ0n) is 13.0. The summed E-state index contributed by atoms with van der Waals surface area (Å²) in [6, 6.07) is 4.72. The Kier molecular flexibility index (Phi) is 5.44. The van der Waals surface area contributed by atoms with Gasteiger partial charge in [-0.2, -0.15) is 5.10 Å². The fourth-order valence-electron chi connectivity index (χ4n) is 2.16. The maximum atomic E-state index is 13.8. The van der Waals surface area contributed by atoms with E-state index in [0.29, 0.717) is 18.7 Å². The molecule has 0 spiro atoms. The lowest BCUT2D eigenvalue weighted by Crippen LogP contribution is -2.29. The van der Waals surface area contributed by atoms with Crippen LogP contribution >= 0.6 is 0 Å². The number of hydrogen-bond donors (Lipinski definition) is 2. The number of carbonyl (C=O) groups excluding carboxylic acids is 1. The van der Waals surface area contributed by atoms with Crippen molar-refractivity contribution < 1.29 is 18.7 Å². The molecule has 7 heteroatoms. The molecule has 0 saturated carbocycles. The lowest BCUT2D eigenvalue weighted by molar-refractivity contribution is 0.0940. The van der Waals surface area contributed by atoms with Gasteiger partial charge in [-0.15, -0.1) is 0 Å². The Morgan fingerprint density at radius 1 is 1.39 bits per heavy atom. The van der Waals surface area contributed by atoms with Crippen LogP contribution in [-0.2, 0) is 0 Å². The molecule has 2 aromatic rings. The first-order valence-electron chi connectivity index (χ1n) is 7.33. The number of rotatable bonds is 6. The van der Waals surface area contributed by atoms with Gasteiger partial charge >= 0.3 is 0 Å². The lowest BCUT2D eigenvalue weighted by Gasteiger charge is -2.10. The number of amides is 1. The van der Waals surface area contributed by atoms with E-state index >= 15 is 0 Å². The zero-order valence-corrected chi connectivity index (χ0v) is 13.0. The van der Waals surface area contributed by atoms with Gasteiger partial charge < -0.3 is 10.4 Å². The minimum atomic E-state index is -0.750. The van der Waals surface area contributed by atoms with Crippen LogP contribution in [0.5, 0.6) is 0 Å². The molecular weight excluding hydrogens is 304 g/mol. The molecule has 124 valence electrons. The lowest BCUT2D eigenvalue weighted by atomic mass is 10.1. The number of aryl methyl sites for hydroxylation is 1. The standard InChI is InChI=1S/C16H19F2N3O2/c1-10(5-6-22)9-19-16(23)14-7-11(2)21(20-14)15-4-3-12(17)8-13(15)18/h3-4,7-8,10,22H,5-6,9H2,1-2H3,(H,19,23). The summed E-state index contributed by atoms with van der Waals surface area (Å²) >= 11 is 0. The smallest absolute Gasteiger partial charge is 0.271 e. The van der Waals surface area contributed by atoms with Gasteiger partial charge in [-0.1, -0.05) is 6.92 Å². The molecule has 23 heavy (non-hydrogen) atoms. The summed E-state index contributed by atoms with van der Waals surface area (Å²) in [4.78, 5) is 12.1. The molecule has 1 heterocycles. The summed E-state index contributed by atoms with van der Waals surface area (Å²) in [5.41, 5.74) is 0.795. The van der Waals surface area contributed by atoms with Crippen LogP contribution in [0, 0.1) is 24.5 Å². The Labute approximate surface area is 132 Å². The summed E-state index contributed by atoms with van der Waals surface area (Å²) in [6.07, 6.45) is 0.592. The van der Waals surface area contributed by atoms with Gasteiger partial charge in [-0.25, -0.2) is 13.5 Å². The van der Waals surface area contributed by atoms with Gasteiger partial charge in [-0.05, 0) is 37.5 Å². The number of aliphatic hydroxyl groups excluding tert-OH is 1. The number of aromatic nitrogens is 2. The van der Waals surface area contributed by atoms with Gasteiger partial charge in [0.1, 0.15) is 11.5 Å². The molecular formula is C16H19F2N3O2. The molecule has 1 aromatic carbocycles. The van der Waals surface area contributed by atoms with Gasteiger partial charge in [0.2, 0.25) is 0 Å². The first-order chi connectivity index (χ1) is 10.9. The van der Waals surface area contributed by atoms with Crippen molar-refractivity contribution in [3.05, 3.63) is 47.3 Å². The minimum Gasteiger partial charge on any atom is -0.396 e. The van der Waals surface area contributed by atoms with Crippen molar-refractivity contribution in [3.8, 4) is 5.69 Å². The molecule has 0 bridgehead atoms. The van der Waals surface area contributed by atoms with Crippen LogP contribution in [0.25, 0.3) is 5.69 Å². The van der Waals surface area contributed by atoms with Gasteiger partial charge in [0.15, 0.2) is 11.5 Å². The van der Waals surface area contributed by atoms with E-state index < -0.39 is 11.6 Å². The van der Waals surface area contributed by atoms with E-state index in [1.165, 1.54) is 16.8 Å². The third kappa shape index (κ3) is 4.13. The fraction of sp³-hybridized carbons (Fsp3) is 0.375. The molecule has 0 aliphatic heterocycles. The first-order valence-corrected chi connectivity index (χ1v) is 7.33. The monoisotopic (exact) mass is 323 g/mol. The normalized spacial score (nSPS) is 12.2. The van der Waals surface area contributed by atoms with Gasteiger partial charge in [0.05, 0.1) is 0 Å². The highest BCUT2D eigenvalue weighted by atomic mass is 19.1. The number of carbonyl (C=O) groups is 1. The highest BCUT2D eigenvalue weighted by molar-refractivity contribution is 5.92. The van der Waals surface area contributed by atoms with Crippen LogP contribution in [0.1, 0.15) is 29.5 Å². The summed E-state index contributed by atoms with van der Waals surface area (Å²) in [5, 5.41) is 15.6. The Morgan fingerprint density at radius 2 is 2.13 bits per heavy atom. The van der Waals surface area contributed by atoms with Crippen molar-refractivity contribution in [2.45, 2.75) is 20.3 Å². The largest absolute Gasteiger partial charge is 0.396 e. The van der Waals surface area contributed by atoms with E-state index in [0.717, 1.165) is 12.1 Å². The van der Waals surface area contributed by atoms with E-state index in [1.54, 1.807) is 6.92 Å². The van der Waals surface area contributed by atoms with Crippen LogP contribution < -0.4 is 5.32 Å². The van der Waals surface area contributed by atoms with E-state index in [4.69, 9.17) is 5.11 Å². The molecule has 5 nitrogen and oxygen atoms in total. The number of nitrogens with zero attached hydrogens (tertiary/aromatic N) is 2. The first kappa shape index (κ1) is 17.1. The summed E-state index contributed by atoms with van der Waals surface area (Å²) in [7, 11) is 0. The van der Waals surface area contributed by atoms with Gasteiger partial charge in [0.25, 0.3) is 5.91 Å². The SMILES string of the molecule is Cc1cc(C(=O)NCC(C)CCO)nn1-c1ccc(F)cc1F. The number of hydrogen-bond acceptors (Lipinski definition) is 3. The molecule has 0 radical (unpaired) electrons. The topological polar surface area (TPSA) is 67.2 Å². The molecule has 1 aromatic heterocycles. The highest BCUT2D eigenvalue weighted by Crippen LogP contribution is 2.17. The third-order valence-electron chi connectivity index (χ3n) is 3.49. The number of nitrogens with one attached hydrogen (secondary N) is 1. The van der Waals surface area contributed by atoms with E-state index in [9.17, 15) is 13.6 Å². The zero-order chi connectivity index (χ0) is 17.0. The van der Waals surface area contributed by atoms with E-state index in [-0.39, 0.29) is 29.8 Å². The second-order valence-corrected chi connectivity index (χ2v) is 5.51. The molecule has 1 atom stereocenters. The van der Waals surface area contributed by atoms with Crippen LogP contribution in [0.15, 0.2) is 24.3 Å². The number of aliphatic hydroxyl groups is 1. The number of benzene rings is 1. The molecule has 2 N–H and O–H groups in total. The number of halogens is 2. The highest BCUT2D eigenvalue weighted by Gasteiger charge is 2.16. The van der Waals surface area contributed by atoms with Crippen molar-refractivity contribution >= 4 is 5.91 Å². The quantitative estimate of drug-likeness (QED) is 0.856. The van der Waals surface area contributed by atoms with Gasteiger partial charge in [-0.3, -0.25) is 4.79 Å². The molecule has 1 unspecified atom stereocenters. The molecule has 0 saturated heterocycles. The second-order valence-electron chi connectivity index (χ2n) is 5.51. The van der Waals surface area contributed by atoms with Crippen LogP contribution in [-0.4, -0.2) is 33.9 Å². The van der Waals surface area contributed by atoms with Crippen molar-refractivity contribution in [1.29, 1.82) is 0 Å². The molecule has 0 aliphatic carbocycles. The van der Waals surface area contributed by atoms with E-state index in [2.05, 4.69) is 10.4 Å². The summed E-state index contributed by atoms with van der Waals surface area (Å²) in [5.74, 6) is -1.66. The summed E-state index contributed by atoms with van der Waals surface area (Å²) in [6.45, 7) is 4.07. The Hall–Kier alpha value is -2.28. The second kappa shape index (κ2) is 7.32. The Balaban J connectivity index is 2.16. The maximum Gasteiger partial charge on any atom is 0.271 e. The average molecular weight is 323 g/mol. The predicted octanol–water partition coefficient (Wildman–Crippen LogP) is 2.21. The van der Waals surface area contributed by atoms with Crippen LogP contribution in [0.3, 0.4) is 0 Å². The molecule has 2 rings (SSSR count). The van der Waals surface area contributed by atoms with Crippen molar-refractivity contribution in [1.82, 2.24) is 15.1 Å². The van der Waals surface area contributed by atoms with Crippen molar-refractivity contribution in [2.24, 2.45) is 5.92 Å². The van der Waals surface area contributed by atoms with E-state index in [1.807, 2.05) is 6.92 Å². The molecule has 0 fully saturated rings. The van der Waals surface area contributed by atoms with Gasteiger partial charge in [0, 0.05) is 24.9 Å². The third-order valence-corrected chi connectivity index (χ3v) is 3.49. The van der Waals surface area contributed by atoms with Crippen molar-refractivity contribution in [3.63, 3.8) is 0 Å². The van der Waals surface area contributed by atoms with Crippen LogP contribution in [0.2, 0.25) is 0 Å². The average Bonchev–Trinajstić information content (AvgIpc) is 2.87. The molecule has 1 amide bonds. The van der Waals surface area contributed by atoms with Crippen LogP contribution in [0.4, 0.5) is 8.78 Å². The molecule has 0 aliphatic rings. The van der Waals surface area contributed by atoms with Crippen molar-refractivity contribution in [2.75, 3.05) is 13.2 Å². The maximum absolute atomic E-state index is 13.8. The fourth-order valence-corrected chi connectivity index (χ4v) is 2.16. The Bertz CT molecular complexity index is 701. The minimum absolute atomic E-state index is 0.0641. The summed E-state index contributed by atoms with van der Waals surface area (Å²) < 4.78 is 28.1.